The third-order valence-electron chi connectivity index (χ3n) is 5.83. The van der Waals surface area contributed by atoms with Crippen LogP contribution in [0.1, 0.15) is 25.0 Å². The van der Waals surface area contributed by atoms with Gasteiger partial charge in [0.05, 0.1) is 11.4 Å². The zero-order valence-electron chi connectivity index (χ0n) is 19.0. The number of hydrogen-bond acceptors (Lipinski definition) is 6. The molecule has 6 N–H and O–H groups in total. The van der Waals surface area contributed by atoms with Gasteiger partial charge in [0.25, 0.3) is 0 Å². The largest absolute Gasteiger partial charge is 0.503 e. The molecular formula is C27H24F2N2O4. The highest BCUT2D eigenvalue weighted by atomic mass is 19.1. The van der Waals surface area contributed by atoms with Gasteiger partial charge in [-0.3, -0.25) is 0 Å². The lowest BCUT2D eigenvalue weighted by molar-refractivity contribution is 0.397. The van der Waals surface area contributed by atoms with E-state index in [1.165, 1.54) is 24.3 Å². The predicted molar refractivity (Wildman–Crippen MR) is 130 cm³/mol. The Morgan fingerprint density at radius 1 is 0.600 bits per heavy atom. The summed E-state index contributed by atoms with van der Waals surface area (Å²) in [7, 11) is 0. The van der Waals surface area contributed by atoms with E-state index in [9.17, 15) is 19.0 Å². The second-order valence-electron chi connectivity index (χ2n) is 8.51. The molecule has 35 heavy (non-hydrogen) atoms. The third-order valence-corrected chi connectivity index (χ3v) is 5.83. The molecule has 0 aliphatic rings. The molecule has 4 aromatic rings. The Hall–Kier alpha value is -4.46. The average Bonchev–Trinajstić information content (AvgIpc) is 2.85. The van der Waals surface area contributed by atoms with Gasteiger partial charge >= 0.3 is 0 Å². The van der Waals surface area contributed by atoms with E-state index in [0.29, 0.717) is 11.5 Å². The van der Waals surface area contributed by atoms with Crippen molar-refractivity contribution in [1.82, 2.24) is 0 Å². The van der Waals surface area contributed by atoms with Crippen LogP contribution in [0.2, 0.25) is 0 Å². The lowest BCUT2D eigenvalue weighted by Crippen LogP contribution is -2.18. The molecule has 0 aliphatic carbocycles. The number of phenols is 2. The Bertz CT molecular complexity index is 1270. The minimum absolute atomic E-state index is 0.0693. The summed E-state index contributed by atoms with van der Waals surface area (Å²) in [4.78, 5) is 0. The first kappa shape index (κ1) is 23.7. The normalized spacial score (nSPS) is 11.3. The number of ether oxygens (including phenoxy) is 2. The second-order valence-corrected chi connectivity index (χ2v) is 8.51. The Balaban J connectivity index is 1.50. The van der Waals surface area contributed by atoms with Crippen LogP contribution in [0.25, 0.3) is 0 Å². The van der Waals surface area contributed by atoms with Gasteiger partial charge in [0, 0.05) is 5.41 Å². The van der Waals surface area contributed by atoms with E-state index in [1.54, 1.807) is 24.3 Å². The Labute approximate surface area is 201 Å². The third kappa shape index (κ3) is 4.63. The maximum atomic E-state index is 14.2. The molecule has 0 amide bonds. The summed E-state index contributed by atoms with van der Waals surface area (Å²) in [6, 6.07) is 19.7. The lowest BCUT2D eigenvalue weighted by Gasteiger charge is -2.26. The number of halogens is 2. The van der Waals surface area contributed by atoms with Crippen LogP contribution in [0.5, 0.6) is 34.5 Å². The van der Waals surface area contributed by atoms with E-state index in [1.807, 2.05) is 38.1 Å². The van der Waals surface area contributed by atoms with Gasteiger partial charge in [0.15, 0.2) is 23.0 Å². The molecule has 0 spiro atoms. The first-order valence-electron chi connectivity index (χ1n) is 10.7. The number of aromatic hydroxyl groups is 2. The van der Waals surface area contributed by atoms with Crippen LogP contribution in [-0.2, 0) is 5.41 Å². The molecule has 0 saturated carbocycles. The van der Waals surface area contributed by atoms with Crippen LogP contribution in [0, 0.1) is 11.6 Å². The first-order chi connectivity index (χ1) is 16.6. The molecule has 6 nitrogen and oxygen atoms in total. The van der Waals surface area contributed by atoms with Gasteiger partial charge in [-0.2, -0.15) is 8.78 Å². The summed E-state index contributed by atoms with van der Waals surface area (Å²) < 4.78 is 39.4. The molecule has 0 unspecified atom stereocenters. The quantitative estimate of drug-likeness (QED) is 0.187. The summed E-state index contributed by atoms with van der Waals surface area (Å²) in [5, 5.41) is 19.3. The van der Waals surface area contributed by atoms with Gasteiger partial charge < -0.3 is 31.2 Å². The molecule has 0 radical (unpaired) electrons. The molecule has 0 aromatic heterocycles. The fourth-order valence-electron chi connectivity index (χ4n) is 3.58. The number of rotatable bonds is 6. The topological polar surface area (TPSA) is 111 Å². The fraction of sp³-hybridized carbons (Fsp3) is 0.111. The van der Waals surface area contributed by atoms with Crippen LogP contribution < -0.4 is 20.9 Å². The molecule has 0 heterocycles. The second kappa shape index (κ2) is 9.06. The number of nitrogen functional groups attached to an aromatic ring is 2. The van der Waals surface area contributed by atoms with Gasteiger partial charge in [-0.05, 0) is 59.7 Å². The Kier molecular flexibility index (Phi) is 6.13. The molecule has 8 heteroatoms. The summed E-state index contributed by atoms with van der Waals surface area (Å²) in [5.74, 6) is -2.63. The van der Waals surface area contributed by atoms with E-state index in [4.69, 9.17) is 20.9 Å². The standard InChI is InChI=1S/C27H24F2N2O4/c1-27(2,15-3-7-17(8-4-15)34-21-13-11-19(30)25(32)23(21)28)16-5-9-18(10-6-16)35-22-14-12-20(31)26(33)24(22)29/h3-14,32-33H,30-31H2,1-2H3. The molecule has 0 fully saturated rings. The number of anilines is 2. The maximum Gasteiger partial charge on any atom is 0.209 e. The summed E-state index contributed by atoms with van der Waals surface area (Å²) in [6.45, 7) is 4.07. The Morgan fingerprint density at radius 3 is 1.29 bits per heavy atom. The zero-order valence-corrected chi connectivity index (χ0v) is 19.0. The number of nitrogens with two attached hydrogens (primary N) is 2. The van der Waals surface area contributed by atoms with Crippen LogP contribution in [0.4, 0.5) is 20.2 Å². The van der Waals surface area contributed by atoms with E-state index >= 15 is 0 Å². The van der Waals surface area contributed by atoms with Crippen molar-refractivity contribution >= 4 is 11.4 Å². The van der Waals surface area contributed by atoms with Crippen LogP contribution in [0.3, 0.4) is 0 Å². The van der Waals surface area contributed by atoms with Crippen LogP contribution in [-0.4, -0.2) is 10.2 Å². The highest BCUT2D eigenvalue weighted by molar-refractivity contribution is 5.57. The molecule has 0 aliphatic heterocycles. The lowest BCUT2D eigenvalue weighted by atomic mass is 9.78. The van der Waals surface area contributed by atoms with Gasteiger partial charge in [-0.15, -0.1) is 0 Å². The maximum absolute atomic E-state index is 14.2. The molecule has 0 atom stereocenters. The molecule has 0 saturated heterocycles. The van der Waals surface area contributed by atoms with E-state index in [2.05, 4.69) is 0 Å². The van der Waals surface area contributed by atoms with Gasteiger partial charge in [0.1, 0.15) is 11.5 Å². The van der Waals surface area contributed by atoms with Gasteiger partial charge in [-0.1, -0.05) is 38.1 Å². The zero-order chi connectivity index (χ0) is 25.3. The van der Waals surface area contributed by atoms with E-state index in [0.717, 1.165) is 11.1 Å². The molecular weight excluding hydrogens is 454 g/mol. The Morgan fingerprint density at radius 2 is 0.943 bits per heavy atom. The molecule has 4 aromatic carbocycles. The highest BCUT2D eigenvalue weighted by Gasteiger charge is 2.24. The number of hydrogen-bond donors (Lipinski definition) is 4. The number of benzene rings is 4. The van der Waals surface area contributed by atoms with Crippen molar-refractivity contribution in [3.8, 4) is 34.5 Å². The smallest absolute Gasteiger partial charge is 0.209 e. The average molecular weight is 478 g/mol. The molecule has 0 bridgehead atoms. The van der Waals surface area contributed by atoms with Gasteiger partial charge in [0.2, 0.25) is 11.6 Å². The van der Waals surface area contributed by atoms with Crippen molar-refractivity contribution in [3.05, 3.63) is 95.6 Å². The van der Waals surface area contributed by atoms with Crippen molar-refractivity contribution in [2.24, 2.45) is 0 Å². The monoisotopic (exact) mass is 478 g/mol. The van der Waals surface area contributed by atoms with Crippen molar-refractivity contribution in [3.63, 3.8) is 0 Å². The summed E-state index contributed by atoms with van der Waals surface area (Å²) in [5.41, 5.74) is 12.4. The summed E-state index contributed by atoms with van der Waals surface area (Å²) in [6.07, 6.45) is 0. The minimum Gasteiger partial charge on any atom is -0.503 e. The van der Waals surface area contributed by atoms with E-state index < -0.39 is 28.5 Å². The first-order valence-corrected chi connectivity index (χ1v) is 10.7. The predicted octanol–water partition coefficient (Wildman–Crippen LogP) is 6.45. The fourth-order valence-corrected chi connectivity index (χ4v) is 3.58. The molecule has 4 rings (SSSR count). The molecule has 180 valence electrons. The minimum atomic E-state index is -0.925. The SMILES string of the molecule is CC(C)(c1ccc(Oc2ccc(N)c(O)c2F)cc1)c1ccc(Oc2ccc(N)c(O)c2F)cc1. The highest BCUT2D eigenvalue weighted by Crippen LogP contribution is 2.38. The summed E-state index contributed by atoms with van der Waals surface area (Å²) >= 11 is 0. The van der Waals surface area contributed by atoms with Crippen molar-refractivity contribution in [2.45, 2.75) is 19.3 Å². The van der Waals surface area contributed by atoms with Crippen molar-refractivity contribution in [2.75, 3.05) is 11.5 Å². The van der Waals surface area contributed by atoms with Crippen LogP contribution >= 0.6 is 0 Å². The number of phenolic OH excluding ortho intramolecular Hbond substituents is 2. The van der Waals surface area contributed by atoms with Crippen molar-refractivity contribution < 1.29 is 28.5 Å². The van der Waals surface area contributed by atoms with Gasteiger partial charge in [-0.25, -0.2) is 0 Å². The van der Waals surface area contributed by atoms with Crippen molar-refractivity contribution in [1.29, 1.82) is 0 Å². The van der Waals surface area contributed by atoms with E-state index in [-0.39, 0.29) is 22.9 Å². The van der Waals surface area contributed by atoms with Crippen LogP contribution in [0.15, 0.2) is 72.8 Å².